The van der Waals surface area contributed by atoms with Crippen LogP contribution in [0.5, 0.6) is 0 Å². The van der Waals surface area contributed by atoms with Gasteiger partial charge in [0.2, 0.25) is 0 Å². The summed E-state index contributed by atoms with van der Waals surface area (Å²) in [4.78, 5) is 26.4. The maximum absolute atomic E-state index is 11.6. The molecule has 1 aromatic heterocycles. The molecule has 0 aliphatic rings. The molecule has 0 saturated heterocycles. The van der Waals surface area contributed by atoms with Crippen molar-refractivity contribution >= 4 is 12.4 Å². The molecule has 0 saturated carbocycles. The van der Waals surface area contributed by atoms with Crippen LogP contribution in [0.15, 0.2) is 48.8 Å². The lowest BCUT2D eigenvalue weighted by molar-refractivity contribution is 0.0131. The Morgan fingerprint density at radius 2 is 2.00 bits per heavy atom. The molecule has 0 aliphatic heterocycles. The number of amides is 1. The van der Waals surface area contributed by atoms with Crippen LogP contribution in [-0.2, 0) is 11.3 Å². The number of alkyl carbamates (subject to hydrolysis) is 1. The monoisotopic (exact) mass is 344 g/mol. The second-order valence-corrected chi connectivity index (χ2v) is 5.41. The maximum Gasteiger partial charge on any atom is 0.407 e. The van der Waals surface area contributed by atoms with Gasteiger partial charge >= 0.3 is 6.09 Å². The van der Waals surface area contributed by atoms with Crippen LogP contribution in [0.4, 0.5) is 4.79 Å². The Bertz CT molecular complexity index is 693. The standard InChI is InChI=1S/C18H20N2O5/c21-11-14-6-8-19-10-15(14)17(23)16(22)7-9-20-18(24)25-12-13-4-2-1-3-5-13/h1-6,8,10-11,16-17,22-23H,7,9,12H2,(H,20,24). The van der Waals surface area contributed by atoms with Gasteiger partial charge in [0.05, 0.1) is 6.10 Å². The second-order valence-electron chi connectivity index (χ2n) is 5.41. The molecule has 3 N–H and O–H groups in total. The average molecular weight is 344 g/mol. The van der Waals surface area contributed by atoms with Crippen LogP contribution in [0.2, 0.25) is 0 Å². The quantitative estimate of drug-likeness (QED) is 0.628. The van der Waals surface area contributed by atoms with Crippen LogP contribution in [0, 0.1) is 0 Å². The van der Waals surface area contributed by atoms with Crippen molar-refractivity contribution in [3.8, 4) is 0 Å². The number of carbonyl (C=O) groups is 2. The summed E-state index contributed by atoms with van der Waals surface area (Å²) in [7, 11) is 0. The Morgan fingerprint density at radius 1 is 1.24 bits per heavy atom. The smallest absolute Gasteiger partial charge is 0.407 e. The number of aldehydes is 1. The minimum Gasteiger partial charge on any atom is -0.445 e. The van der Waals surface area contributed by atoms with Gasteiger partial charge < -0.3 is 20.3 Å². The van der Waals surface area contributed by atoms with Crippen LogP contribution in [0.1, 0.15) is 34.0 Å². The van der Waals surface area contributed by atoms with E-state index in [0.717, 1.165) is 5.56 Å². The molecule has 2 unspecified atom stereocenters. The summed E-state index contributed by atoms with van der Waals surface area (Å²) in [6.45, 7) is 0.263. The van der Waals surface area contributed by atoms with Crippen molar-refractivity contribution in [3.05, 3.63) is 65.5 Å². The lowest BCUT2D eigenvalue weighted by Gasteiger charge is -2.19. The number of carbonyl (C=O) groups excluding carboxylic acids is 2. The van der Waals surface area contributed by atoms with Crippen molar-refractivity contribution in [2.75, 3.05) is 6.54 Å². The first-order valence-corrected chi connectivity index (χ1v) is 7.81. The number of aromatic nitrogens is 1. The topological polar surface area (TPSA) is 109 Å². The number of pyridine rings is 1. The van der Waals surface area contributed by atoms with E-state index < -0.39 is 18.3 Å². The molecule has 2 atom stereocenters. The van der Waals surface area contributed by atoms with E-state index in [1.807, 2.05) is 30.3 Å². The Balaban J connectivity index is 1.75. The zero-order valence-corrected chi connectivity index (χ0v) is 13.5. The van der Waals surface area contributed by atoms with Gasteiger partial charge in [-0.3, -0.25) is 9.78 Å². The average Bonchev–Trinajstić information content (AvgIpc) is 2.66. The lowest BCUT2D eigenvalue weighted by atomic mass is 10.00. The molecule has 0 spiro atoms. The molecule has 7 heteroatoms. The molecule has 0 aliphatic carbocycles. The number of hydrogen-bond acceptors (Lipinski definition) is 6. The van der Waals surface area contributed by atoms with Crippen molar-refractivity contribution in [2.24, 2.45) is 0 Å². The van der Waals surface area contributed by atoms with E-state index in [0.29, 0.717) is 6.29 Å². The molecule has 25 heavy (non-hydrogen) atoms. The van der Waals surface area contributed by atoms with Crippen LogP contribution in [0.3, 0.4) is 0 Å². The van der Waals surface area contributed by atoms with Gasteiger partial charge in [-0.2, -0.15) is 0 Å². The molecule has 1 heterocycles. The number of benzene rings is 1. The highest BCUT2D eigenvalue weighted by molar-refractivity contribution is 5.77. The number of nitrogens with one attached hydrogen (secondary N) is 1. The van der Waals surface area contributed by atoms with Gasteiger partial charge in [0, 0.05) is 30.1 Å². The zero-order valence-electron chi connectivity index (χ0n) is 13.5. The number of ether oxygens (including phenoxy) is 1. The maximum atomic E-state index is 11.6. The minimum atomic E-state index is -1.27. The lowest BCUT2D eigenvalue weighted by Crippen LogP contribution is -2.30. The molecule has 7 nitrogen and oxygen atoms in total. The molecule has 132 valence electrons. The first-order valence-electron chi connectivity index (χ1n) is 7.81. The predicted octanol–water partition coefficient (Wildman–Crippen LogP) is 1.60. The molecular weight excluding hydrogens is 324 g/mol. The third kappa shape index (κ3) is 5.66. The first-order chi connectivity index (χ1) is 12.1. The first kappa shape index (κ1) is 18.6. The van der Waals surface area contributed by atoms with E-state index in [-0.39, 0.29) is 30.7 Å². The molecule has 2 rings (SSSR count). The van der Waals surface area contributed by atoms with Gasteiger partial charge in [0.1, 0.15) is 12.7 Å². The van der Waals surface area contributed by atoms with E-state index in [4.69, 9.17) is 4.74 Å². The Kier molecular flexibility index (Phi) is 7.06. The summed E-state index contributed by atoms with van der Waals surface area (Å²) in [5.41, 5.74) is 1.37. The van der Waals surface area contributed by atoms with E-state index in [1.54, 1.807) is 0 Å². The summed E-state index contributed by atoms with van der Waals surface area (Å²) >= 11 is 0. The molecule has 0 fully saturated rings. The Hall–Kier alpha value is -2.77. The van der Waals surface area contributed by atoms with Crippen molar-refractivity contribution in [2.45, 2.75) is 25.2 Å². The molecule has 1 amide bonds. The summed E-state index contributed by atoms with van der Waals surface area (Å²) in [6, 6.07) is 10.7. The van der Waals surface area contributed by atoms with Gasteiger partial charge in [-0.1, -0.05) is 30.3 Å². The highest BCUT2D eigenvalue weighted by Crippen LogP contribution is 2.20. The van der Waals surface area contributed by atoms with Crippen LogP contribution >= 0.6 is 0 Å². The molecule has 2 aromatic rings. The Morgan fingerprint density at radius 3 is 2.72 bits per heavy atom. The van der Waals surface area contributed by atoms with Gasteiger partial charge in [0.25, 0.3) is 0 Å². The number of rotatable bonds is 8. The number of nitrogens with zero attached hydrogens (tertiary/aromatic N) is 1. The number of aliphatic hydroxyl groups is 2. The molecular formula is C18H20N2O5. The van der Waals surface area contributed by atoms with E-state index in [1.165, 1.54) is 18.5 Å². The van der Waals surface area contributed by atoms with Crippen LogP contribution in [0.25, 0.3) is 0 Å². The summed E-state index contributed by atoms with van der Waals surface area (Å²) in [5, 5.41) is 22.7. The Labute approximate surface area is 145 Å². The third-order valence-corrected chi connectivity index (χ3v) is 3.62. The number of hydrogen-bond donors (Lipinski definition) is 3. The summed E-state index contributed by atoms with van der Waals surface area (Å²) < 4.78 is 5.04. The third-order valence-electron chi connectivity index (χ3n) is 3.62. The van der Waals surface area contributed by atoms with Crippen molar-refractivity contribution < 1.29 is 24.5 Å². The fourth-order valence-electron chi connectivity index (χ4n) is 2.23. The SMILES string of the molecule is O=Cc1ccncc1C(O)C(O)CCNC(=O)OCc1ccccc1. The normalized spacial score (nSPS) is 12.9. The van der Waals surface area contributed by atoms with Gasteiger partial charge in [-0.05, 0) is 18.1 Å². The largest absolute Gasteiger partial charge is 0.445 e. The summed E-state index contributed by atoms with van der Waals surface area (Å²) in [5.74, 6) is 0. The molecule has 0 radical (unpaired) electrons. The number of aliphatic hydroxyl groups excluding tert-OH is 2. The van der Waals surface area contributed by atoms with Crippen molar-refractivity contribution in [3.63, 3.8) is 0 Å². The fourth-order valence-corrected chi connectivity index (χ4v) is 2.23. The minimum absolute atomic E-state index is 0.0921. The van der Waals surface area contributed by atoms with Gasteiger partial charge in [0.15, 0.2) is 6.29 Å². The van der Waals surface area contributed by atoms with Crippen LogP contribution < -0.4 is 5.32 Å². The van der Waals surface area contributed by atoms with Crippen LogP contribution in [-0.4, -0.2) is 40.2 Å². The van der Waals surface area contributed by atoms with Crippen molar-refractivity contribution in [1.82, 2.24) is 10.3 Å². The van der Waals surface area contributed by atoms with Crippen molar-refractivity contribution in [1.29, 1.82) is 0 Å². The molecule has 1 aromatic carbocycles. The van der Waals surface area contributed by atoms with E-state index in [9.17, 15) is 19.8 Å². The summed E-state index contributed by atoms with van der Waals surface area (Å²) in [6.07, 6.45) is 0.408. The zero-order chi connectivity index (χ0) is 18.1. The van der Waals surface area contributed by atoms with Gasteiger partial charge in [-0.15, -0.1) is 0 Å². The predicted molar refractivity (Wildman–Crippen MR) is 89.8 cm³/mol. The van der Waals surface area contributed by atoms with E-state index in [2.05, 4.69) is 10.3 Å². The second kappa shape index (κ2) is 9.51. The molecule has 0 bridgehead atoms. The van der Waals surface area contributed by atoms with Gasteiger partial charge in [-0.25, -0.2) is 4.79 Å². The highest BCUT2D eigenvalue weighted by Gasteiger charge is 2.21. The van der Waals surface area contributed by atoms with E-state index >= 15 is 0 Å². The highest BCUT2D eigenvalue weighted by atomic mass is 16.5. The fraction of sp³-hybridized carbons (Fsp3) is 0.278.